The van der Waals surface area contributed by atoms with Gasteiger partial charge in [0.15, 0.2) is 5.82 Å². The van der Waals surface area contributed by atoms with Crippen molar-refractivity contribution in [2.75, 3.05) is 5.73 Å². The fourth-order valence-corrected chi connectivity index (χ4v) is 1.01. The molecule has 4 nitrogen and oxygen atoms in total. The number of hydrogen-bond acceptors (Lipinski definition) is 3. The van der Waals surface area contributed by atoms with Crippen molar-refractivity contribution < 1.29 is 0 Å². The summed E-state index contributed by atoms with van der Waals surface area (Å²) in [5.41, 5.74) is 7.65. The number of nitrogens with zero attached hydrogens (tertiary/aromatic N) is 2. The predicted octanol–water partition coefficient (Wildman–Crippen LogP) is 0.521. The Labute approximate surface area is 68.8 Å². The van der Waals surface area contributed by atoms with Crippen molar-refractivity contribution >= 4 is 16.9 Å². The molecule has 4 heteroatoms. The van der Waals surface area contributed by atoms with Crippen LogP contribution in [-0.4, -0.2) is 15.2 Å². The molecule has 0 spiro atoms. The summed E-state index contributed by atoms with van der Waals surface area (Å²) in [5, 5.41) is 6.52. The number of nitrogen functional groups attached to an aromatic ring is 1. The Hall–Kier alpha value is -2.02. The highest BCUT2D eigenvalue weighted by Crippen LogP contribution is 2.14. The number of fused-ring (bicyclic) bond motifs is 1. The maximum atomic E-state index is 5.51. The van der Waals surface area contributed by atoms with Crippen molar-refractivity contribution in [3.63, 3.8) is 0 Å². The van der Waals surface area contributed by atoms with Crippen LogP contribution < -0.4 is 5.73 Å². The molecular formula is C8H6N4. The van der Waals surface area contributed by atoms with E-state index >= 15 is 0 Å². The second kappa shape index (κ2) is 2.24. The van der Waals surface area contributed by atoms with E-state index < -0.39 is 0 Å². The fourth-order valence-electron chi connectivity index (χ4n) is 1.01. The van der Waals surface area contributed by atoms with Gasteiger partial charge in [0.2, 0.25) is 0 Å². The number of terminal acetylenes is 1. The van der Waals surface area contributed by atoms with Gasteiger partial charge in [-0.1, -0.05) is 5.92 Å². The largest absolute Gasteiger partial charge is 0.380 e. The van der Waals surface area contributed by atoms with E-state index in [0.717, 1.165) is 5.52 Å². The molecule has 2 heterocycles. The topological polar surface area (TPSA) is 67.6 Å². The first-order valence-electron chi connectivity index (χ1n) is 3.37. The SMILES string of the molecule is C#Cc1cnc2c(N)n[nH]c2c1. The number of nitrogens with two attached hydrogens (primary N) is 1. The summed E-state index contributed by atoms with van der Waals surface area (Å²) in [5.74, 6) is 2.87. The molecule has 0 amide bonds. The number of anilines is 1. The van der Waals surface area contributed by atoms with Gasteiger partial charge in [0, 0.05) is 11.8 Å². The van der Waals surface area contributed by atoms with Gasteiger partial charge >= 0.3 is 0 Å². The van der Waals surface area contributed by atoms with E-state index in [1.165, 1.54) is 0 Å². The van der Waals surface area contributed by atoms with Gasteiger partial charge in [0.25, 0.3) is 0 Å². The zero-order valence-electron chi connectivity index (χ0n) is 6.20. The van der Waals surface area contributed by atoms with Crippen molar-refractivity contribution in [2.45, 2.75) is 0 Å². The highest BCUT2D eigenvalue weighted by molar-refractivity contribution is 5.84. The third-order valence-corrected chi connectivity index (χ3v) is 1.59. The Morgan fingerprint density at radius 3 is 3.17 bits per heavy atom. The van der Waals surface area contributed by atoms with E-state index in [9.17, 15) is 0 Å². The Morgan fingerprint density at radius 2 is 2.42 bits per heavy atom. The van der Waals surface area contributed by atoms with Crippen LogP contribution in [0.5, 0.6) is 0 Å². The number of aromatic amines is 1. The lowest BCUT2D eigenvalue weighted by Gasteiger charge is -1.89. The van der Waals surface area contributed by atoms with Crippen molar-refractivity contribution in [2.24, 2.45) is 0 Å². The maximum Gasteiger partial charge on any atom is 0.171 e. The molecule has 3 N–H and O–H groups in total. The average Bonchev–Trinajstić information content (AvgIpc) is 2.47. The van der Waals surface area contributed by atoms with Crippen LogP contribution in [-0.2, 0) is 0 Å². The van der Waals surface area contributed by atoms with E-state index in [1.807, 2.05) is 0 Å². The molecular weight excluding hydrogens is 152 g/mol. The Bertz CT molecular complexity index is 463. The molecule has 58 valence electrons. The fraction of sp³-hybridized carbons (Fsp3) is 0. The lowest BCUT2D eigenvalue weighted by atomic mass is 10.2. The summed E-state index contributed by atoms with van der Waals surface area (Å²) in [6.45, 7) is 0. The van der Waals surface area contributed by atoms with Gasteiger partial charge in [-0.2, -0.15) is 5.10 Å². The summed E-state index contributed by atoms with van der Waals surface area (Å²) in [6, 6.07) is 1.78. The predicted molar refractivity (Wildman–Crippen MR) is 46.2 cm³/mol. The van der Waals surface area contributed by atoms with Crippen molar-refractivity contribution in [3.05, 3.63) is 17.8 Å². The smallest absolute Gasteiger partial charge is 0.171 e. The molecule has 0 aromatic carbocycles. The molecule has 0 saturated carbocycles. The van der Waals surface area contributed by atoms with Crippen LogP contribution in [0.1, 0.15) is 5.56 Å². The van der Waals surface area contributed by atoms with Gasteiger partial charge in [-0.3, -0.25) is 5.10 Å². The monoisotopic (exact) mass is 158 g/mol. The third kappa shape index (κ3) is 0.805. The molecule has 0 aliphatic carbocycles. The molecule has 0 radical (unpaired) electrons. The van der Waals surface area contributed by atoms with Gasteiger partial charge in [0.05, 0.1) is 5.52 Å². The third-order valence-electron chi connectivity index (χ3n) is 1.59. The van der Waals surface area contributed by atoms with E-state index in [1.54, 1.807) is 12.3 Å². The van der Waals surface area contributed by atoms with Crippen LogP contribution >= 0.6 is 0 Å². The molecule has 0 aliphatic rings. The van der Waals surface area contributed by atoms with E-state index in [4.69, 9.17) is 12.2 Å². The van der Waals surface area contributed by atoms with Crippen molar-refractivity contribution in [1.29, 1.82) is 0 Å². The molecule has 0 unspecified atom stereocenters. The quantitative estimate of drug-likeness (QED) is 0.549. The maximum absolute atomic E-state index is 5.51. The number of rotatable bonds is 0. The molecule has 0 atom stereocenters. The summed E-state index contributed by atoms with van der Waals surface area (Å²) >= 11 is 0. The minimum Gasteiger partial charge on any atom is -0.380 e. The number of nitrogens with one attached hydrogen (secondary N) is 1. The van der Waals surface area contributed by atoms with Crippen LogP contribution in [0.3, 0.4) is 0 Å². The Balaban J connectivity index is 2.80. The minimum atomic E-state index is 0.397. The zero-order chi connectivity index (χ0) is 8.55. The normalized spacial score (nSPS) is 9.92. The first-order chi connectivity index (χ1) is 5.81. The second-order valence-corrected chi connectivity index (χ2v) is 2.37. The molecule has 0 bridgehead atoms. The number of H-pyrrole nitrogens is 1. The highest BCUT2D eigenvalue weighted by Gasteiger charge is 2.02. The highest BCUT2D eigenvalue weighted by atomic mass is 15.2. The summed E-state index contributed by atoms with van der Waals surface area (Å²) < 4.78 is 0. The van der Waals surface area contributed by atoms with Crippen LogP contribution in [0.25, 0.3) is 11.0 Å². The number of pyridine rings is 1. The van der Waals surface area contributed by atoms with Gasteiger partial charge in [-0.15, -0.1) is 6.42 Å². The van der Waals surface area contributed by atoms with Gasteiger partial charge in [-0.25, -0.2) is 4.98 Å². The van der Waals surface area contributed by atoms with E-state index in [-0.39, 0.29) is 0 Å². The van der Waals surface area contributed by atoms with Crippen LogP contribution in [0.4, 0.5) is 5.82 Å². The van der Waals surface area contributed by atoms with Crippen LogP contribution in [0.2, 0.25) is 0 Å². The van der Waals surface area contributed by atoms with Crippen LogP contribution in [0.15, 0.2) is 12.3 Å². The zero-order valence-corrected chi connectivity index (χ0v) is 6.20. The van der Waals surface area contributed by atoms with Gasteiger partial charge < -0.3 is 5.73 Å². The average molecular weight is 158 g/mol. The molecule has 2 rings (SSSR count). The summed E-state index contributed by atoms with van der Waals surface area (Å²) in [6.07, 6.45) is 6.78. The Kier molecular flexibility index (Phi) is 1.25. The lowest BCUT2D eigenvalue weighted by molar-refractivity contribution is 1.13. The number of aromatic nitrogens is 3. The number of hydrogen-bond donors (Lipinski definition) is 2. The minimum absolute atomic E-state index is 0.397. The first kappa shape index (κ1) is 6.68. The lowest BCUT2D eigenvalue weighted by Crippen LogP contribution is -1.86. The van der Waals surface area contributed by atoms with Gasteiger partial charge in [-0.05, 0) is 6.07 Å². The van der Waals surface area contributed by atoms with Crippen LogP contribution in [0, 0.1) is 12.3 Å². The van der Waals surface area contributed by atoms with Crippen molar-refractivity contribution in [3.8, 4) is 12.3 Å². The van der Waals surface area contributed by atoms with Gasteiger partial charge in [0.1, 0.15) is 5.52 Å². The van der Waals surface area contributed by atoms with Crippen molar-refractivity contribution in [1.82, 2.24) is 15.2 Å². The summed E-state index contributed by atoms with van der Waals surface area (Å²) in [4.78, 5) is 4.05. The first-order valence-corrected chi connectivity index (χ1v) is 3.37. The standard InChI is InChI=1S/C8H6N4/c1-2-5-3-6-7(10-4-5)8(9)12-11-6/h1,3-4H,(H3,9,11,12). The second-order valence-electron chi connectivity index (χ2n) is 2.37. The molecule has 2 aromatic rings. The molecule has 0 fully saturated rings. The van der Waals surface area contributed by atoms with E-state index in [0.29, 0.717) is 16.9 Å². The molecule has 0 saturated heterocycles. The van der Waals surface area contributed by atoms with E-state index in [2.05, 4.69) is 21.1 Å². The molecule has 2 aromatic heterocycles. The molecule has 0 aliphatic heterocycles. The Morgan fingerprint density at radius 1 is 1.58 bits per heavy atom. The summed E-state index contributed by atoms with van der Waals surface area (Å²) in [7, 11) is 0. The molecule has 12 heavy (non-hydrogen) atoms.